The van der Waals surface area contributed by atoms with Crippen molar-refractivity contribution in [2.75, 3.05) is 4.72 Å². The third kappa shape index (κ3) is 4.88. The van der Waals surface area contributed by atoms with Gasteiger partial charge in [-0.15, -0.1) is 11.3 Å². The second kappa shape index (κ2) is 8.58. The molecule has 0 atom stereocenters. The minimum Gasteiger partial charge on any atom is -0.280 e. The van der Waals surface area contributed by atoms with Crippen LogP contribution >= 0.6 is 34.7 Å². The van der Waals surface area contributed by atoms with E-state index in [9.17, 15) is 21.6 Å². The Labute approximate surface area is 195 Å². The monoisotopic (exact) mass is 514 g/mol. The highest BCUT2D eigenvalue weighted by Gasteiger charge is 2.32. The number of para-hydroxylation sites is 1. The molecule has 1 heterocycles. The zero-order chi connectivity index (χ0) is 23.1. The Morgan fingerprint density at radius 1 is 1.06 bits per heavy atom. The van der Waals surface area contributed by atoms with Crippen molar-refractivity contribution in [3.8, 4) is 0 Å². The lowest BCUT2D eigenvalue weighted by molar-refractivity contribution is -0.137. The molecule has 1 aromatic heterocycles. The molecule has 4 nitrogen and oxygen atoms in total. The summed E-state index contributed by atoms with van der Waals surface area (Å²) in [5.41, 5.74) is 0.976. The molecule has 0 radical (unpaired) electrons. The zero-order valence-corrected chi connectivity index (χ0v) is 19.5. The van der Waals surface area contributed by atoms with Crippen molar-refractivity contribution in [3.05, 3.63) is 76.8 Å². The van der Waals surface area contributed by atoms with Crippen LogP contribution in [0.15, 0.2) is 74.8 Å². The fraction of sp³-hybridized carbons (Fsp3) is 0.0952. The fourth-order valence-corrected chi connectivity index (χ4v) is 6.61. The van der Waals surface area contributed by atoms with Gasteiger partial charge in [0.15, 0.2) is 4.34 Å². The quantitative estimate of drug-likeness (QED) is 0.305. The number of halogens is 4. The van der Waals surface area contributed by atoms with Crippen molar-refractivity contribution in [2.45, 2.75) is 27.2 Å². The molecule has 0 bridgehead atoms. The molecule has 166 valence electrons. The molecule has 4 aromatic rings. The number of aromatic nitrogens is 1. The Hall–Kier alpha value is -2.27. The number of thiazole rings is 1. The van der Waals surface area contributed by atoms with Gasteiger partial charge in [0, 0.05) is 10.6 Å². The average Bonchev–Trinajstić information content (AvgIpc) is 3.11. The van der Waals surface area contributed by atoms with Gasteiger partial charge in [0.1, 0.15) is 4.90 Å². The van der Waals surface area contributed by atoms with E-state index in [0.29, 0.717) is 12.1 Å². The van der Waals surface area contributed by atoms with Crippen molar-refractivity contribution in [3.63, 3.8) is 0 Å². The smallest absolute Gasteiger partial charge is 0.280 e. The number of fused-ring (bicyclic) bond motifs is 1. The third-order valence-electron chi connectivity index (χ3n) is 4.45. The largest absolute Gasteiger partial charge is 0.416 e. The summed E-state index contributed by atoms with van der Waals surface area (Å²) in [4.78, 5) is 5.05. The minimum atomic E-state index is -4.62. The zero-order valence-electron chi connectivity index (χ0n) is 16.3. The van der Waals surface area contributed by atoms with Crippen LogP contribution in [0.5, 0.6) is 0 Å². The minimum absolute atomic E-state index is 0.270. The number of anilines is 1. The molecule has 0 aliphatic carbocycles. The molecule has 0 aliphatic heterocycles. The summed E-state index contributed by atoms with van der Waals surface area (Å²) in [6.45, 7) is 1.83. The summed E-state index contributed by atoms with van der Waals surface area (Å²) in [6.07, 6.45) is -4.62. The third-order valence-corrected chi connectivity index (χ3v) is 8.59. The first kappa shape index (κ1) is 22.9. The van der Waals surface area contributed by atoms with Crippen LogP contribution < -0.4 is 4.72 Å². The standard InChI is InChI=1S/C21H14ClF3N2O2S3/c1-12-10-14(7-8-17(12)30-20-26-16-4-2-3-5-18(16)31-20)27-32(28,29)19-9-6-13(11-15(19)22)21(23,24)25/h2-11,27H,1H3. The van der Waals surface area contributed by atoms with Crippen LogP contribution in [0.2, 0.25) is 5.02 Å². The molecule has 0 aliphatic rings. The van der Waals surface area contributed by atoms with Crippen molar-refractivity contribution < 1.29 is 21.6 Å². The van der Waals surface area contributed by atoms with E-state index in [0.717, 1.165) is 31.1 Å². The molecule has 11 heteroatoms. The molecule has 32 heavy (non-hydrogen) atoms. The molecular weight excluding hydrogens is 501 g/mol. The van der Waals surface area contributed by atoms with Crippen LogP contribution in [0.1, 0.15) is 11.1 Å². The Bertz CT molecular complexity index is 1390. The van der Waals surface area contributed by atoms with E-state index in [1.165, 1.54) is 11.8 Å². The predicted molar refractivity (Wildman–Crippen MR) is 122 cm³/mol. The lowest BCUT2D eigenvalue weighted by atomic mass is 10.2. The molecule has 1 N–H and O–H groups in total. The summed E-state index contributed by atoms with van der Waals surface area (Å²) in [5.74, 6) is 0. The number of hydrogen-bond donors (Lipinski definition) is 1. The summed E-state index contributed by atoms with van der Waals surface area (Å²) in [5, 5.41) is -0.507. The Morgan fingerprint density at radius 2 is 1.81 bits per heavy atom. The summed E-state index contributed by atoms with van der Waals surface area (Å²) in [6, 6.07) is 14.9. The molecule has 0 saturated heterocycles. The van der Waals surface area contributed by atoms with Gasteiger partial charge in [-0.25, -0.2) is 13.4 Å². The van der Waals surface area contributed by atoms with Gasteiger partial charge in [-0.05, 0) is 61.0 Å². The lowest BCUT2D eigenvalue weighted by Crippen LogP contribution is -2.14. The van der Waals surface area contributed by atoms with Crippen LogP contribution in [0, 0.1) is 6.92 Å². The van der Waals surface area contributed by atoms with E-state index >= 15 is 0 Å². The maximum absolute atomic E-state index is 12.8. The second-order valence-electron chi connectivity index (χ2n) is 6.78. The van der Waals surface area contributed by atoms with Crippen molar-refractivity contribution >= 4 is 60.6 Å². The van der Waals surface area contributed by atoms with Gasteiger partial charge in [0.05, 0.1) is 20.8 Å². The van der Waals surface area contributed by atoms with E-state index < -0.39 is 31.7 Å². The van der Waals surface area contributed by atoms with E-state index in [1.807, 2.05) is 31.2 Å². The molecule has 0 unspecified atom stereocenters. The molecule has 0 fully saturated rings. The molecule has 0 spiro atoms. The molecule has 0 saturated carbocycles. The van der Waals surface area contributed by atoms with Gasteiger partial charge in [-0.2, -0.15) is 13.2 Å². The SMILES string of the molecule is Cc1cc(NS(=O)(=O)c2ccc(C(F)(F)F)cc2Cl)ccc1Sc1nc2ccccc2s1. The Kier molecular flexibility index (Phi) is 6.15. The van der Waals surface area contributed by atoms with Gasteiger partial charge in [-0.3, -0.25) is 4.72 Å². The van der Waals surface area contributed by atoms with Crippen LogP contribution in [-0.2, 0) is 16.2 Å². The number of alkyl halides is 3. The van der Waals surface area contributed by atoms with Gasteiger partial charge < -0.3 is 0 Å². The van der Waals surface area contributed by atoms with E-state index in [-0.39, 0.29) is 5.69 Å². The Balaban J connectivity index is 1.55. The van der Waals surface area contributed by atoms with Crippen LogP contribution in [0.3, 0.4) is 0 Å². The van der Waals surface area contributed by atoms with Crippen molar-refractivity contribution in [1.82, 2.24) is 4.98 Å². The van der Waals surface area contributed by atoms with Crippen molar-refractivity contribution in [2.24, 2.45) is 0 Å². The average molecular weight is 515 g/mol. The lowest BCUT2D eigenvalue weighted by Gasteiger charge is -2.13. The van der Waals surface area contributed by atoms with Gasteiger partial charge in [-0.1, -0.05) is 35.5 Å². The molecule has 0 amide bonds. The van der Waals surface area contributed by atoms with Crippen LogP contribution in [-0.4, -0.2) is 13.4 Å². The number of sulfonamides is 1. The van der Waals surface area contributed by atoms with E-state index in [4.69, 9.17) is 11.6 Å². The highest BCUT2D eigenvalue weighted by molar-refractivity contribution is 8.01. The molecule has 3 aromatic carbocycles. The van der Waals surface area contributed by atoms with Crippen molar-refractivity contribution in [1.29, 1.82) is 0 Å². The summed E-state index contributed by atoms with van der Waals surface area (Å²) < 4.78 is 68.1. The van der Waals surface area contributed by atoms with Gasteiger partial charge in [0.2, 0.25) is 0 Å². The first-order chi connectivity index (χ1) is 15.0. The van der Waals surface area contributed by atoms with E-state index in [2.05, 4.69) is 9.71 Å². The first-order valence-electron chi connectivity index (χ1n) is 9.06. The van der Waals surface area contributed by atoms with Crippen LogP contribution in [0.4, 0.5) is 18.9 Å². The number of nitrogens with one attached hydrogen (secondary N) is 1. The fourth-order valence-electron chi connectivity index (χ4n) is 2.92. The Morgan fingerprint density at radius 3 is 2.47 bits per heavy atom. The first-order valence-corrected chi connectivity index (χ1v) is 12.6. The number of nitrogens with zero attached hydrogens (tertiary/aromatic N) is 1. The number of hydrogen-bond acceptors (Lipinski definition) is 5. The highest BCUT2D eigenvalue weighted by atomic mass is 35.5. The molecule has 4 rings (SSSR count). The maximum atomic E-state index is 12.8. The normalized spacial score (nSPS) is 12.3. The van der Waals surface area contributed by atoms with E-state index in [1.54, 1.807) is 29.5 Å². The van der Waals surface area contributed by atoms with Crippen LogP contribution in [0.25, 0.3) is 10.2 Å². The summed E-state index contributed by atoms with van der Waals surface area (Å²) >= 11 is 8.87. The predicted octanol–water partition coefficient (Wildman–Crippen LogP) is 7.23. The summed E-state index contributed by atoms with van der Waals surface area (Å²) in [7, 11) is -4.18. The maximum Gasteiger partial charge on any atom is 0.416 e. The number of aryl methyl sites for hydroxylation is 1. The second-order valence-corrected chi connectivity index (χ2v) is 11.2. The van der Waals surface area contributed by atoms with Gasteiger partial charge in [0.25, 0.3) is 10.0 Å². The molecular formula is C21H14ClF3N2O2S3. The highest BCUT2D eigenvalue weighted by Crippen LogP contribution is 2.37. The van der Waals surface area contributed by atoms with Gasteiger partial charge >= 0.3 is 6.18 Å². The number of rotatable bonds is 5. The topological polar surface area (TPSA) is 59.1 Å². The number of benzene rings is 3.